The standard InChI is InChI=1S/C13H17F/c1-4-10(2)5-7-12-9-13(14)8-6-11(12)3/h4,6,8-10H,1,5,7H2,2-3H3. The fraction of sp³-hybridized carbons (Fsp3) is 0.385. The summed E-state index contributed by atoms with van der Waals surface area (Å²) >= 11 is 0. The molecule has 0 aromatic heterocycles. The van der Waals surface area contributed by atoms with Gasteiger partial charge in [0.15, 0.2) is 0 Å². The minimum absolute atomic E-state index is 0.142. The second-order valence-corrected chi connectivity index (χ2v) is 3.82. The molecular weight excluding hydrogens is 175 g/mol. The summed E-state index contributed by atoms with van der Waals surface area (Å²) in [4.78, 5) is 0. The first-order valence-electron chi connectivity index (χ1n) is 5.01. The number of rotatable bonds is 4. The third-order valence-corrected chi connectivity index (χ3v) is 2.58. The first kappa shape index (κ1) is 11.0. The molecule has 0 bridgehead atoms. The summed E-state index contributed by atoms with van der Waals surface area (Å²) in [5.41, 5.74) is 2.28. The number of halogens is 1. The molecule has 0 saturated heterocycles. The molecule has 1 heteroatoms. The predicted octanol–water partition coefficient (Wildman–Crippen LogP) is 3.89. The van der Waals surface area contributed by atoms with Gasteiger partial charge in [0.25, 0.3) is 0 Å². The normalized spacial score (nSPS) is 12.5. The third-order valence-electron chi connectivity index (χ3n) is 2.58. The molecule has 0 aliphatic heterocycles. The van der Waals surface area contributed by atoms with Gasteiger partial charge >= 0.3 is 0 Å². The van der Waals surface area contributed by atoms with Crippen molar-refractivity contribution < 1.29 is 4.39 Å². The van der Waals surface area contributed by atoms with Crippen LogP contribution in [0.1, 0.15) is 24.5 Å². The molecule has 0 spiro atoms. The molecule has 0 nitrogen and oxygen atoms in total. The van der Waals surface area contributed by atoms with E-state index in [1.165, 1.54) is 11.6 Å². The monoisotopic (exact) mass is 192 g/mol. The van der Waals surface area contributed by atoms with Crippen molar-refractivity contribution in [3.8, 4) is 0 Å². The van der Waals surface area contributed by atoms with Gasteiger partial charge in [-0.1, -0.05) is 19.1 Å². The Balaban J connectivity index is 2.66. The zero-order valence-electron chi connectivity index (χ0n) is 8.89. The molecule has 0 N–H and O–H groups in total. The SMILES string of the molecule is C=CC(C)CCc1cc(F)ccc1C. The van der Waals surface area contributed by atoms with Crippen molar-refractivity contribution in [2.24, 2.45) is 5.92 Å². The van der Waals surface area contributed by atoms with Gasteiger partial charge in [-0.25, -0.2) is 4.39 Å². The second-order valence-electron chi connectivity index (χ2n) is 3.82. The molecule has 1 atom stereocenters. The van der Waals surface area contributed by atoms with Crippen molar-refractivity contribution in [3.05, 3.63) is 47.8 Å². The molecule has 1 rings (SSSR count). The summed E-state index contributed by atoms with van der Waals surface area (Å²) in [5, 5.41) is 0. The summed E-state index contributed by atoms with van der Waals surface area (Å²) < 4.78 is 12.9. The lowest BCUT2D eigenvalue weighted by molar-refractivity contribution is 0.615. The number of aryl methyl sites for hydroxylation is 2. The zero-order valence-corrected chi connectivity index (χ0v) is 8.89. The number of hydrogen-bond donors (Lipinski definition) is 0. The van der Waals surface area contributed by atoms with Gasteiger partial charge in [0.05, 0.1) is 0 Å². The Morgan fingerprint density at radius 2 is 2.21 bits per heavy atom. The van der Waals surface area contributed by atoms with Crippen molar-refractivity contribution in [3.63, 3.8) is 0 Å². The van der Waals surface area contributed by atoms with E-state index in [4.69, 9.17) is 0 Å². The minimum atomic E-state index is -0.142. The number of hydrogen-bond acceptors (Lipinski definition) is 0. The van der Waals surface area contributed by atoms with Crippen LogP contribution in [0.3, 0.4) is 0 Å². The molecule has 0 heterocycles. The van der Waals surface area contributed by atoms with E-state index in [1.807, 2.05) is 19.1 Å². The molecule has 0 radical (unpaired) electrons. The smallest absolute Gasteiger partial charge is 0.123 e. The Bertz CT molecular complexity index is 315. The van der Waals surface area contributed by atoms with Crippen molar-refractivity contribution in [2.75, 3.05) is 0 Å². The van der Waals surface area contributed by atoms with Crippen LogP contribution in [0.2, 0.25) is 0 Å². The van der Waals surface area contributed by atoms with Gasteiger partial charge < -0.3 is 0 Å². The molecule has 1 unspecified atom stereocenters. The Morgan fingerprint density at radius 1 is 1.50 bits per heavy atom. The summed E-state index contributed by atoms with van der Waals surface area (Å²) in [7, 11) is 0. The van der Waals surface area contributed by atoms with Gasteiger partial charge in [-0.15, -0.1) is 6.58 Å². The van der Waals surface area contributed by atoms with E-state index in [0.717, 1.165) is 18.4 Å². The van der Waals surface area contributed by atoms with E-state index in [2.05, 4.69) is 13.5 Å². The van der Waals surface area contributed by atoms with E-state index in [1.54, 1.807) is 6.07 Å². The highest BCUT2D eigenvalue weighted by Crippen LogP contribution is 2.15. The van der Waals surface area contributed by atoms with E-state index >= 15 is 0 Å². The van der Waals surface area contributed by atoms with Crippen LogP contribution in [0, 0.1) is 18.7 Å². The largest absolute Gasteiger partial charge is 0.207 e. The molecule has 0 saturated carbocycles. The number of benzene rings is 1. The first-order valence-corrected chi connectivity index (χ1v) is 5.01. The summed E-state index contributed by atoms with van der Waals surface area (Å²) in [6.07, 6.45) is 3.90. The lowest BCUT2D eigenvalue weighted by Crippen LogP contribution is -1.96. The molecule has 0 aliphatic rings. The van der Waals surface area contributed by atoms with E-state index in [9.17, 15) is 4.39 Å². The van der Waals surface area contributed by atoms with Crippen LogP contribution in [0.25, 0.3) is 0 Å². The van der Waals surface area contributed by atoms with E-state index in [0.29, 0.717) is 5.92 Å². The van der Waals surface area contributed by atoms with Crippen molar-refractivity contribution in [2.45, 2.75) is 26.7 Å². The first-order chi connectivity index (χ1) is 6.63. The molecule has 1 aromatic rings. The molecule has 0 amide bonds. The fourth-order valence-corrected chi connectivity index (χ4v) is 1.41. The van der Waals surface area contributed by atoms with Gasteiger partial charge in [-0.3, -0.25) is 0 Å². The van der Waals surface area contributed by atoms with E-state index in [-0.39, 0.29) is 5.82 Å². The Morgan fingerprint density at radius 3 is 2.86 bits per heavy atom. The van der Waals surface area contributed by atoms with Crippen LogP contribution in [-0.4, -0.2) is 0 Å². The van der Waals surface area contributed by atoms with Gasteiger partial charge in [0.1, 0.15) is 5.82 Å². The predicted molar refractivity (Wildman–Crippen MR) is 58.8 cm³/mol. The van der Waals surface area contributed by atoms with Crippen LogP contribution < -0.4 is 0 Å². The topological polar surface area (TPSA) is 0 Å². The van der Waals surface area contributed by atoms with Crippen LogP contribution in [0.5, 0.6) is 0 Å². The quantitative estimate of drug-likeness (QED) is 0.635. The average molecular weight is 192 g/mol. The zero-order chi connectivity index (χ0) is 10.6. The lowest BCUT2D eigenvalue weighted by atomic mass is 9.98. The van der Waals surface area contributed by atoms with Gasteiger partial charge in [0.2, 0.25) is 0 Å². The van der Waals surface area contributed by atoms with Gasteiger partial charge in [-0.2, -0.15) is 0 Å². The average Bonchev–Trinajstić information content (AvgIpc) is 2.19. The maximum Gasteiger partial charge on any atom is 0.123 e. The fourth-order valence-electron chi connectivity index (χ4n) is 1.41. The summed E-state index contributed by atoms with van der Waals surface area (Å²) in [6.45, 7) is 7.89. The Labute approximate surface area is 85.5 Å². The van der Waals surface area contributed by atoms with Crippen LogP contribution in [0.4, 0.5) is 4.39 Å². The highest BCUT2D eigenvalue weighted by atomic mass is 19.1. The molecule has 0 aliphatic carbocycles. The van der Waals surface area contributed by atoms with Crippen molar-refractivity contribution in [1.29, 1.82) is 0 Å². The Hall–Kier alpha value is -1.11. The van der Waals surface area contributed by atoms with Crippen LogP contribution in [-0.2, 0) is 6.42 Å². The Kier molecular flexibility index (Phi) is 3.87. The maximum absolute atomic E-state index is 12.9. The molecule has 1 aromatic carbocycles. The molecular formula is C13H17F. The second kappa shape index (κ2) is 4.94. The maximum atomic E-state index is 12.9. The van der Waals surface area contributed by atoms with Gasteiger partial charge in [-0.05, 0) is 48.9 Å². The summed E-state index contributed by atoms with van der Waals surface area (Å²) in [6, 6.07) is 4.98. The van der Waals surface area contributed by atoms with Crippen LogP contribution in [0.15, 0.2) is 30.9 Å². The van der Waals surface area contributed by atoms with Crippen LogP contribution >= 0.6 is 0 Å². The third kappa shape index (κ3) is 2.99. The summed E-state index contributed by atoms with van der Waals surface area (Å²) in [5.74, 6) is 0.356. The highest BCUT2D eigenvalue weighted by Gasteiger charge is 2.02. The lowest BCUT2D eigenvalue weighted by Gasteiger charge is -2.08. The van der Waals surface area contributed by atoms with E-state index < -0.39 is 0 Å². The molecule has 0 fully saturated rings. The van der Waals surface area contributed by atoms with Gasteiger partial charge in [0, 0.05) is 0 Å². The molecule has 76 valence electrons. The number of allylic oxidation sites excluding steroid dienone is 1. The highest BCUT2D eigenvalue weighted by molar-refractivity contribution is 5.26. The molecule has 14 heavy (non-hydrogen) atoms. The van der Waals surface area contributed by atoms with Crippen molar-refractivity contribution in [1.82, 2.24) is 0 Å². The van der Waals surface area contributed by atoms with Crippen molar-refractivity contribution >= 4 is 0 Å². The minimum Gasteiger partial charge on any atom is -0.207 e.